The second-order valence-electron chi connectivity index (χ2n) is 6.47. The first-order chi connectivity index (χ1) is 14.9. The van der Waals surface area contributed by atoms with Crippen molar-refractivity contribution in [3.05, 3.63) is 59.5 Å². The number of nitrogens with one attached hydrogen (secondary N) is 2. The second-order valence-corrected chi connectivity index (χ2v) is 6.47. The van der Waals surface area contributed by atoms with E-state index in [2.05, 4.69) is 10.6 Å². The van der Waals surface area contributed by atoms with E-state index in [9.17, 15) is 18.8 Å². The SMILES string of the molecule is CCOc1ccc(/C=C2/NC(=O)N(CC(=O)Nc3ccccc3F)C2=O)c(OCC)c1. The molecule has 1 fully saturated rings. The van der Waals surface area contributed by atoms with Crippen molar-refractivity contribution in [2.24, 2.45) is 0 Å². The molecule has 0 radical (unpaired) electrons. The number of hydrogen-bond acceptors (Lipinski definition) is 5. The van der Waals surface area contributed by atoms with Crippen molar-refractivity contribution >= 4 is 29.6 Å². The standard InChI is InChI=1S/C22H22FN3O5/c1-3-30-15-10-9-14(19(12-15)31-4-2)11-18-21(28)26(22(29)25-18)13-20(27)24-17-8-6-5-7-16(17)23/h5-12H,3-4,13H2,1-2H3,(H,24,27)(H,25,29)/b18-11+. The summed E-state index contributed by atoms with van der Waals surface area (Å²) in [5.74, 6) is -0.899. The van der Waals surface area contributed by atoms with E-state index >= 15 is 0 Å². The Morgan fingerprint density at radius 3 is 2.58 bits per heavy atom. The van der Waals surface area contributed by atoms with Gasteiger partial charge in [0.2, 0.25) is 5.91 Å². The van der Waals surface area contributed by atoms with Gasteiger partial charge in [-0.25, -0.2) is 14.1 Å². The molecule has 0 atom stereocenters. The zero-order valence-corrected chi connectivity index (χ0v) is 17.1. The molecule has 8 nitrogen and oxygen atoms in total. The van der Waals surface area contributed by atoms with Crippen molar-refractivity contribution in [1.82, 2.24) is 10.2 Å². The molecule has 0 aromatic heterocycles. The summed E-state index contributed by atoms with van der Waals surface area (Å²) < 4.78 is 24.8. The fourth-order valence-corrected chi connectivity index (χ4v) is 2.94. The van der Waals surface area contributed by atoms with Crippen molar-refractivity contribution in [3.8, 4) is 11.5 Å². The molecule has 2 aromatic rings. The van der Waals surface area contributed by atoms with E-state index < -0.39 is 30.2 Å². The van der Waals surface area contributed by atoms with Crippen LogP contribution in [0.2, 0.25) is 0 Å². The Morgan fingerprint density at radius 2 is 1.87 bits per heavy atom. The van der Waals surface area contributed by atoms with Gasteiger partial charge in [-0.2, -0.15) is 0 Å². The molecule has 0 spiro atoms. The normalized spacial score (nSPS) is 14.5. The van der Waals surface area contributed by atoms with Crippen molar-refractivity contribution in [1.29, 1.82) is 0 Å². The monoisotopic (exact) mass is 427 g/mol. The summed E-state index contributed by atoms with van der Waals surface area (Å²) in [4.78, 5) is 37.9. The molecule has 31 heavy (non-hydrogen) atoms. The van der Waals surface area contributed by atoms with Crippen LogP contribution in [0.4, 0.5) is 14.9 Å². The zero-order chi connectivity index (χ0) is 22.4. The number of halogens is 1. The number of anilines is 1. The van der Waals surface area contributed by atoms with E-state index in [-0.39, 0.29) is 11.4 Å². The van der Waals surface area contributed by atoms with Gasteiger partial charge in [-0.3, -0.25) is 9.59 Å². The number of ether oxygens (including phenoxy) is 2. The minimum absolute atomic E-state index is 0.00574. The smallest absolute Gasteiger partial charge is 0.329 e. The Bertz CT molecular complexity index is 1040. The van der Waals surface area contributed by atoms with Crippen molar-refractivity contribution in [2.75, 3.05) is 25.1 Å². The molecule has 0 bridgehead atoms. The summed E-state index contributed by atoms with van der Waals surface area (Å²) in [6.07, 6.45) is 1.47. The summed E-state index contributed by atoms with van der Waals surface area (Å²) >= 11 is 0. The molecular weight excluding hydrogens is 405 g/mol. The number of benzene rings is 2. The van der Waals surface area contributed by atoms with Crippen LogP contribution in [-0.4, -0.2) is 42.5 Å². The lowest BCUT2D eigenvalue weighted by molar-refractivity contribution is -0.127. The highest BCUT2D eigenvalue weighted by Gasteiger charge is 2.35. The summed E-state index contributed by atoms with van der Waals surface area (Å²) in [5.41, 5.74) is 0.520. The first-order valence-electron chi connectivity index (χ1n) is 9.71. The number of amides is 4. The van der Waals surface area contributed by atoms with Gasteiger partial charge in [0.1, 0.15) is 29.6 Å². The number of urea groups is 1. The first kappa shape index (κ1) is 21.8. The lowest BCUT2D eigenvalue weighted by atomic mass is 10.1. The van der Waals surface area contributed by atoms with E-state index in [1.54, 1.807) is 24.3 Å². The Labute approximate surface area is 178 Å². The Kier molecular flexibility index (Phi) is 6.86. The van der Waals surface area contributed by atoms with Crippen LogP contribution in [0.3, 0.4) is 0 Å². The molecule has 1 aliphatic heterocycles. The van der Waals surface area contributed by atoms with Gasteiger partial charge in [-0.1, -0.05) is 12.1 Å². The number of hydrogen-bond donors (Lipinski definition) is 2. The fraction of sp³-hybridized carbons (Fsp3) is 0.227. The van der Waals surface area contributed by atoms with E-state index in [1.165, 1.54) is 24.3 Å². The van der Waals surface area contributed by atoms with E-state index in [4.69, 9.17) is 9.47 Å². The van der Waals surface area contributed by atoms with Crippen LogP contribution >= 0.6 is 0 Å². The van der Waals surface area contributed by atoms with E-state index in [1.807, 2.05) is 13.8 Å². The van der Waals surface area contributed by atoms with Gasteiger partial charge in [-0.05, 0) is 44.2 Å². The summed E-state index contributed by atoms with van der Waals surface area (Å²) in [7, 11) is 0. The maximum absolute atomic E-state index is 13.7. The average Bonchev–Trinajstić information content (AvgIpc) is 2.99. The van der Waals surface area contributed by atoms with Gasteiger partial charge in [0.15, 0.2) is 0 Å². The lowest BCUT2D eigenvalue weighted by Crippen LogP contribution is -2.38. The summed E-state index contributed by atoms with van der Waals surface area (Å²) in [5, 5.41) is 4.80. The molecule has 2 N–H and O–H groups in total. The number of nitrogens with zero attached hydrogens (tertiary/aromatic N) is 1. The van der Waals surface area contributed by atoms with Crippen molar-refractivity contribution in [2.45, 2.75) is 13.8 Å². The van der Waals surface area contributed by atoms with Crippen LogP contribution in [0.5, 0.6) is 11.5 Å². The minimum atomic E-state index is -0.746. The van der Waals surface area contributed by atoms with Crippen molar-refractivity contribution < 1.29 is 28.2 Å². The number of imide groups is 1. The Balaban J connectivity index is 1.76. The van der Waals surface area contributed by atoms with E-state index in [0.717, 1.165) is 4.90 Å². The van der Waals surface area contributed by atoms with Gasteiger partial charge >= 0.3 is 6.03 Å². The summed E-state index contributed by atoms with van der Waals surface area (Å²) in [6, 6.07) is 9.98. The molecule has 1 saturated heterocycles. The zero-order valence-electron chi connectivity index (χ0n) is 17.1. The van der Waals surface area contributed by atoms with Crippen LogP contribution in [0.15, 0.2) is 48.2 Å². The number of carbonyl (C=O) groups is 3. The third kappa shape index (κ3) is 5.19. The van der Waals surface area contributed by atoms with Gasteiger partial charge in [0.25, 0.3) is 5.91 Å². The predicted molar refractivity (Wildman–Crippen MR) is 112 cm³/mol. The third-order valence-corrected chi connectivity index (χ3v) is 4.31. The van der Waals surface area contributed by atoms with Gasteiger partial charge in [-0.15, -0.1) is 0 Å². The van der Waals surface area contributed by atoms with E-state index in [0.29, 0.717) is 30.3 Å². The Hall–Kier alpha value is -3.88. The molecule has 1 heterocycles. The lowest BCUT2D eigenvalue weighted by Gasteiger charge is -2.12. The molecule has 9 heteroatoms. The molecular formula is C22H22FN3O5. The molecule has 0 unspecified atom stereocenters. The molecule has 162 valence electrons. The minimum Gasteiger partial charge on any atom is -0.494 e. The van der Waals surface area contributed by atoms with Crippen LogP contribution < -0.4 is 20.1 Å². The van der Waals surface area contributed by atoms with Crippen molar-refractivity contribution in [3.63, 3.8) is 0 Å². The van der Waals surface area contributed by atoms with Crippen LogP contribution in [0, 0.1) is 5.82 Å². The largest absolute Gasteiger partial charge is 0.494 e. The predicted octanol–water partition coefficient (Wildman–Crippen LogP) is 3.15. The van der Waals surface area contributed by atoms with Crippen LogP contribution in [-0.2, 0) is 9.59 Å². The number of carbonyl (C=O) groups excluding carboxylic acids is 3. The fourth-order valence-electron chi connectivity index (χ4n) is 2.94. The highest BCUT2D eigenvalue weighted by Crippen LogP contribution is 2.28. The highest BCUT2D eigenvalue weighted by molar-refractivity contribution is 6.16. The molecule has 3 rings (SSSR count). The quantitative estimate of drug-likeness (QED) is 0.498. The first-order valence-corrected chi connectivity index (χ1v) is 9.71. The van der Waals surface area contributed by atoms with Gasteiger partial charge in [0.05, 0.1) is 18.9 Å². The van der Waals surface area contributed by atoms with Gasteiger partial charge in [0, 0.05) is 11.6 Å². The number of rotatable bonds is 8. The maximum atomic E-state index is 13.7. The highest BCUT2D eigenvalue weighted by atomic mass is 19.1. The summed E-state index contributed by atoms with van der Waals surface area (Å²) in [6.45, 7) is 4.01. The maximum Gasteiger partial charge on any atom is 0.329 e. The molecule has 4 amide bonds. The molecule has 0 saturated carbocycles. The molecule has 0 aliphatic carbocycles. The van der Waals surface area contributed by atoms with Crippen LogP contribution in [0.1, 0.15) is 19.4 Å². The Morgan fingerprint density at radius 1 is 1.13 bits per heavy atom. The van der Waals surface area contributed by atoms with Crippen LogP contribution in [0.25, 0.3) is 6.08 Å². The molecule has 1 aliphatic rings. The number of para-hydroxylation sites is 1. The van der Waals surface area contributed by atoms with Gasteiger partial charge < -0.3 is 20.1 Å². The average molecular weight is 427 g/mol. The molecule has 2 aromatic carbocycles. The third-order valence-electron chi connectivity index (χ3n) is 4.31. The second kappa shape index (κ2) is 9.75. The topological polar surface area (TPSA) is 97.0 Å².